The van der Waals surface area contributed by atoms with Gasteiger partial charge in [0.1, 0.15) is 5.01 Å². The molecular weight excluding hydrogens is 370 g/mol. The molecule has 0 saturated carbocycles. The molecule has 0 aliphatic rings. The average molecular weight is 382 g/mol. The van der Waals surface area contributed by atoms with Crippen LogP contribution in [0.3, 0.4) is 0 Å². The van der Waals surface area contributed by atoms with Crippen LogP contribution < -0.4 is 0 Å². The summed E-state index contributed by atoms with van der Waals surface area (Å²) in [7, 11) is 0. The maximum absolute atomic E-state index is 12.5. The number of hydrogen-bond donors (Lipinski definition) is 0. The fraction of sp³-hybridized carbons (Fsp3) is 0.111. The van der Waals surface area contributed by atoms with Crippen LogP contribution in [0.4, 0.5) is 0 Å². The average Bonchev–Trinajstić information content (AvgIpc) is 3.23. The van der Waals surface area contributed by atoms with Crippen LogP contribution in [0.5, 0.6) is 0 Å². The molecule has 1 atom stereocenters. The predicted molar refractivity (Wildman–Crippen MR) is 103 cm³/mol. The lowest BCUT2D eigenvalue weighted by molar-refractivity contribution is -0.116. The molecule has 25 heavy (non-hydrogen) atoms. The van der Waals surface area contributed by atoms with E-state index in [1.54, 1.807) is 11.3 Å². The summed E-state index contributed by atoms with van der Waals surface area (Å²) in [6.07, 6.45) is 0. The normalized spacial score (nSPS) is 12.3. The van der Waals surface area contributed by atoms with Crippen LogP contribution in [0.25, 0.3) is 20.4 Å². The molecule has 4 rings (SSSR count). The van der Waals surface area contributed by atoms with E-state index < -0.39 is 5.92 Å². The molecular formula is C18H11N3OS3. The number of carbonyl (C=O) groups excluding carboxylic acids is 1. The van der Waals surface area contributed by atoms with Crippen LogP contribution in [0.2, 0.25) is 0 Å². The van der Waals surface area contributed by atoms with Gasteiger partial charge >= 0.3 is 0 Å². The number of nitriles is 1. The van der Waals surface area contributed by atoms with E-state index in [0.29, 0.717) is 5.01 Å². The second-order valence-corrected chi connectivity index (χ2v) is 8.60. The lowest BCUT2D eigenvalue weighted by Gasteiger charge is -2.03. The summed E-state index contributed by atoms with van der Waals surface area (Å²) in [4.78, 5) is 21.5. The third-order valence-corrected chi connectivity index (χ3v) is 6.92. The maximum atomic E-state index is 12.5. The maximum Gasteiger partial charge on any atom is 0.167 e. The molecule has 2 aromatic carbocycles. The minimum Gasteiger partial charge on any atom is -0.297 e. The highest BCUT2D eigenvalue weighted by Crippen LogP contribution is 2.32. The van der Waals surface area contributed by atoms with E-state index in [1.807, 2.05) is 48.5 Å². The van der Waals surface area contributed by atoms with Crippen molar-refractivity contribution in [3.8, 4) is 6.07 Å². The van der Waals surface area contributed by atoms with Gasteiger partial charge in [-0.15, -0.1) is 22.7 Å². The number of hydrogen-bond acceptors (Lipinski definition) is 7. The molecule has 122 valence electrons. The smallest absolute Gasteiger partial charge is 0.167 e. The lowest BCUT2D eigenvalue weighted by atomic mass is 10.1. The number of benzene rings is 2. The van der Waals surface area contributed by atoms with Crippen LogP contribution in [0.15, 0.2) is 52.9 Å². The molecule has 7 heteroatoms. The zero-order valence-corrected chi connectivity index (χ0v) is 15.3. The molecule has 0 aliphatic carbocycles. The molecule has 0 fully saturated rings. The number of fused-ring (bicyclic) bond motifs is 2. The Morgan fingerprint density at radius 3 is 2.32 bits per heavy atom. The number of carbonyl (C=O) groups is 1. The van der Waals surface area contributed by atoms with E-state index in [2.05, 4.69) is 16.0 Å². The van der Waals surface area contributed by atoms with Crippen molar-refractivity contribution in [2.24, 2.45) is 0 Å². The number of aromatic nitrogens is 2. The summed E-state index contributed by atoms with van der Waals surface area (Å²) in [6, 6.07) is 17.7. The van der Waals surface area contributed by atoms with Gasteiger partial charge in [-0.1, -0.05) is 36.0 Å². The zero-order valence-electron chi connectivity index (χ0n) is 12.9. The van der Waals surface area contributed by atoms with E-state index in [-0.39, 0.29) is 11.5 Å². The molecule has 0 bridgehead atoms. The molecule has 0 spiro atoms. The van der Waals surface area contributed by atoms with E-state index in [4.69, 9.17) is 0 Å². The summed E-state index contributed by atoms with van der Waals surface area (Å²) in [5.41, 5.74) is 1.76. The van der Waals surface area contributed by atoms with Crippen molar-refractivity contribution in [1.29, 1.82) is 5.26 Å². The van der Waals surface area contributed by atoms with Crippen LogP contribution in [-0.2, 0) is 4.79 Å². The lowest BCUT2D eigenvalue weighted by Crippen LogP contribution is -2.12. The van der Waals surface area contributed by atoms with Gasteiger partial charge in [0, 0.05) is 0 Å². The first-order valence-electron chi connectivity index (χ1n) is 7.51. The number of rotatable bonds is 5. The third kappa shape index (κ3) is 3.29. The van der Waals surface area contributed by atoms with Crippen LogP contribution in [0.1, 0.15) is 10.9 Å². The summed E-state index contributed by atoms with van der Waals surface area (Å²) < 4.78 is 2.93. The number of thioether (sulfide) groups is 1. The molecule has 0 aliphatic heterocycles. The van der Waals surface area contributed by atoms with Gasteiger partial charge in [0.25, 0.3) is 0 Å². The third-order valence-electron chi connectivity index (χ3n) is 3.62. The second-order valence-electron chi connectivity index (χ2n) is 5.28. The SMILES string of the molecule is N#C[C@H](C(=O)CSc1nc2ccccc2s1)c1nc2ccccc2s1. The van der Waals surface area contributed by atoms with Crippen molar-refractivity contribution in [2.45, 2.75) is 10.3 Å². The summed E-state index contributed by atoms with van der Waals surface area (Å²) >= 11 is 4.35. The van der Waals surface area contributed by atoms with Gasteiger partial charge in [-0.05, 0) is 24.3 Å². The first-order valence-corrected chi connectivity index (χ1v) is 10.1. The number of Topliss-reactive ketones (excluding diaryl/α,β-unsaturated/α-hetero) is 1. The van der Waals surface area contributed by atoms with Gasteiger partial charge in [-0.25, -0.2) is 9.97 Å². The topological polar surface area (TPSA) is 66.6 Å². The predicted octanol–water partition coefficient (Wildman–Crippen LogP) is 4.87. The molecule has 4 nitrogen and oxygen atoms in total. The first kappa shape index (κ1) is 16.2. The van der Waals surface area contributed by atoms with Gasteiger partial charge in [0.2, 0.25) is 0 Å². The Morgan fingerprint density at radius 1 is 1.04 bits per heavy atom. The van der Waals surface area contributed by atoms with E-state index in [1.165, 1.54) is 23.1 Å². The second kappa shape index (κ2) is 6.92. The zero-order chi connectivity index (χ0) is 17.2. The summed E-state index contributed by atoms with van der Waals surface area (Å²) in [6.45, 7) is 0. The van der Waals surface area contributed by atoms with E-state index in [9.17, 15) is 10.1 Å². The minimum atomic E-state index is -0.820. The van der Waals surface area contributed by atoms with Crippen molar-refractivity contribution < 1.29 is 4.79 Å². The first-order chi connectivity index (χ1) is 12.2. The Balaban J connectivity index is 1.51. The Hall–Kier alpha value is -2.27. The van der Waals surface area contributed by atoms with Gasteiger partial charge in [0.05, 0.1) is 32.3 Å². The summed E-state index contributed by atoms with van der Waals surface area (Å²) in [5.74, 6) is -0.737. The van der Waals surface area contributed by atoms with Crippen molar-refractivity contribution in [2.75, 3.05) is 5.75 Å². The van der Waals surface area contributed by atoms with Crippen molar-refractivity contribution >= 4 is 60.7 Å². The fourth-order valence-corrected chi connectivity index (χ4v) is 5.42. The number of para-hydroxylation sites is 2. The molecule has 0 amide bonds. The Kier molecular flexibility index (Phi) is 4.49. The quantitative estimate of drug-likeness (QED) is 0.461. The number of nitrogens with zero attached hydrogens (tertiary/aromatic N) is 3. The van der Waals surface area contributed by atoms with E-state index in [0.717, 1.165) is 24.8 Å². The van der Waals surface area contributed by atoms with Gasteiger partial charge in [-0.2, -0.15) is 5.26 Å². The van der Waals surface area contributed by atoms with Gasteiger partial charge < -0.3 is 0 Å². The minimum absolute atomic E-state index is 0.134. The standard InChI is InChI=1S/C18H11N3OS3/c19-9-11(17-20-12-5-1-3-7-15(12)24-17)14(22)10-23-18-21-13-6-2-4-8-16(13)25-18/h1-8,11H,10H2/t11-/m1/s1. The van der Waals surface area contributed by atoms with Gasteiger partial charge in [-0.3, -0.25) is 4.79 Å². The number of ketones is 1. The highest BCUT2D eigenvalue weighted by molar-refractivity contribution is 8.01. The monoisotopic (exact) mass is 381 g/mol. The van der Waals surface area contributed by atoms with E-state index >= 15 is 0 Å². The molecule has 0 radical (unpaired) electrons. The molecule has 4 aromatic rings. The van der Waals surface area contributed by atoms with Crippen molar-refractivity contribution in [1.82, 2.24) is 9.97 Å². The van der Waals surface area contributed by atoms with Gasteiger partial charge in [0.15, 0.2) is 16.0 Å². The number of thiazole rings is 2. The van der Waals surface area contributed by atoms with Crippen LogP contribution in [0, 0.1) is 11.3 Å². The molecule has 2 heterocycles. The largest absolute Gasteiger partial charge is 0.297 e. The Morgan fingerprint density at radius 2 is 1.68 bits per heavy atom. The highest BCUT2D eigenvalue weighted by atomic mass is 32.2. The van der Waals surface area contributed by atoms with Crippen molar-refractivity contribution in [3.05, 3.63) is 53.5 Å². The Labute approximate surface area is 156 Å². The Bertz CT molecular complexity index is 1040. The molecule has 0 N–H and O–H groups in total. The van der Waals surface area contributed by atoms with Crippen LogP contribution in [-0.4, -0.2) is 21.5 Å². The van der Waals surface area contributed by atoms with Crippen molar-refractivity contribution in [3.63, 3.8) is 0 Å². The molecule has 2 aromatic heterocycles. The molecule has 0 saturated heterocycles. The molecule has 0 unspecified atom stereocenters. The summed E-state index contributed by atoms with van der Waals surface area (Å²) in [5, 5.41) is 10.0. The highest BCUT2D eigenvalue weighted by Gasteiger charge is 2.24. The fourth-order valence-electron chi connectivity index (χ4n) is 2.41. The van der Waals surface area contributed by atoms with Crippen LogP contribution >= 0.6 is 34.4 Å².